The summed E-state index contributed by atoms with van der Waals surface area (Å²) in [6.45, 7) is 6.36. The third kappa shape index (κ3) is 46.1. The maximum atomic E-state index is 13.2. The first-order chi connectivity index (χ1) is 31.5. The number of nitrogens with one attached hydrogen (secondary N) is 1. The molecule has 0 heterocycles. The molecule has 0 aromatic heterocycles. The van der Waals surface area contributed by atoms with Crippen LogP contribution in [0.3, 0.4) is 0 Å². The normalized spacial score (nSPS) is 13.6. The SMILES string of the molecule is CC/C=C/C/C=C/C/C=C/C/C=C/CCCC(CC(=O)NC(CO)C(O)CCCCCCCCCCCCCCCC)OC(=O)CCCCCCCCC/C=C/CCCCCCCC. The van der Waals surface area contributed by atoms with Gasteiger partial charge in [-0.25, -0.2) is 0 Å². The summed E-state index contributed by atoms with van der Waals surface area (Å²) in [6, 6.07) is -0.721. The lowest BCUT2D eigenvalue weighted by molar-refractivity contribution is -0.151. The van der Waals surface area contributed by atoms with E-state index in [0.717, 1.165) is 77.0 Å². The highest BCUT2D eigenvalue weighted by Crippen LogP contribution is 2.17. The molecule has 0 fully saturated rings. The summed E-state index contributed by atoms with van der Waals surface area (Å²) in [5, 5.41) is 23.8. The highest BCUT2D eigenvalue weighted by molar-refractivity contribution is 5.77. The molecule has 3 N–H and O–H groups in total. The van der Waals surface area contributed by atoms with Crippen LogP contribution in [-0.2, 0) is 14.3 Å². The van der Waals surface area contributed by atoms with Crippen molar-refractivity contribution in [1.29, 1.82) is 0 Å². The minimum Gasteiger partial charge on any atom is -0.462 e. The minimum atomic E-state index is -0.804. The number of amides is 1. The van der Waals surface area contributed by atoms with Gasteiger partial charge in [0.15, 0.2) is 0 Å². The number of rotatable bonds is 49. The van der Waals surface area contributed by atoms with Crippen molar-refractivity contribution >= 4 is 11.9 Å². The van der Waals surface area contributed by atoms with Crippen LogP contribution in [0.4, 0.5) is 0 Å². The lowest BCUT2D eigenvalue weighted by Crippen LogP contribution is -2.46. The van der Waals surface area contributed by atoms with Gasteiger partial charge in [-0.2, -0.15) is 0 Å². The maximum Gasteiger partial charge on any atom is 0.306 e. The van der Waals surface area contributed by atoms with Crippen molar-refractivity contribution in [2.45, 2.75) is 289 Å². The molecule has 0 aliphatic heterocycles. The van der Waals surface area contributed by atoms with Crippen molar-refractivity contribution in [2.75, 3.05) is 6.61 Å². The van der Waals surface area contributed by atoms with Gasteiger partial charge in [-0.1, -0.05) is 236 Å². The minimum absolute atomic E-state index is 0.0380. The van der Waals surface area contributed by atoms with Crippen LogP contribution in [0.2, 0.25) is 0 Å². The average Bonchev–Trinajstić information content (AvgIpc) is 3.29. The number of hydrogen-bond acceptors (Lipinski definition) is 5. The molecule has 0 aliphatic rings. The van der Waals surface area contributed by atoms with Crippen molar-refractivity contribution in [2.24, 2.45) is 0 Å². The van der Waals surface area contributed by atoms with Crippen molar-refractivity contribution < 1.29 is 24.5 Å². The molecule has 0 saturated heterocycles. The smallest absolute Gasteiger partial charge is 0.306 e. The average molecular weight is 896 g/mol. The van der Waals surface area contributed by atoms with Crippen molar-refractivity contribution in [3.8, 4) is 0 Å². The van der Waals surface area contributed by atoms with Crippen LogP contribution in [-0.4, -0.2) is 46.9 Å². The number of allylic oxidation sites excluding steroid dienone is 10. The second-order valence-corrected chi connectivity index (χ2v) is 18.6. The zero-order chi connectivity index (χ0) is 46.7. The molecule has 6 heteroatoms. The van der Waals surface area contributed by atoms with E-state index in [2.05, 4.69) is 86.8 Å². The number of esters is 1. The molecule has 0 aliphatic carbocycles. The molecule has 64 heavy (non-hydrogen) atoms. The van der Waals surface area contributed by atoms with Gasteiger partial charge < -0.3 is 20.3 Å². The molecule has 0 radical (unpaired) electrons. The van der Waals surface area contributed by atoms with E-state index in [1.165, 1.54) is 148 Å². The Morgan fingerprint density at radius 3 is 1.33 bits per heavy atom. The van der Waals surface area contributed by atoms with Gasteiger partial charge in [0.25, 0.3) is 0 Å². The molecular formula is C58H105NO5. The Balaban J connectivity index is 4.62. The second kappa shape index (κ2) is 51.5. The number of ether oxygens (including phenoxy) is 1. The highest BCUT2D eigenvalue weighted by Gasteiger charge is 2.24. The fourth-order valence-electron chi connectivity index (χ4n) is 8.19. The molecule has 0 rings (SSSR count). The van der Waals surface area contributed by atoms with Gasteiger partial charge in [0, 0.05) is 6.42 Å². The number of carbonyl (C=O) groups is 2. The summed E-state index contributed by atoms with van der Waals surface area (Å²) < 4.78 is 5.92. The Morgan fingerprint density at radius 2 is 0.859 bits per heavy atom. The molecular weight excluding hydrogens is 791 g/mol. The van der Waals surface area contributed by atoms with E-state index in [-0.39, 0.29) is 24.9 Å². The van der Waals surface area contributed by atoms with E-state index < -0.39 is 18.2 Å². The molecule has 1 amide bonds. The molecule has 372 valence electrons. The largest absolute Gasteiger partial charge is 0.462 e. The zero-order valence-corrected chi connectivity index (χ0v) is 42.4. The number of unbranched alkanes of at least 4 members (excludes halogenated alkanes) is 27. The van der Waals surface area contributed by atoms with Crippen LogP contribution < -0.4 is 5.32 Å². The van der Waals surface area contributed by atoms with E-state index >= 15 is 0 Å². The third-order valence-corrected chi connectivity index (χ3v) is 12.3. The number of hydrogen-bond donors (Lipinski definition) is 3. The summed E-state index contributed by atoms with van der Waals surface area (Å²) in [7, 11) is 0. The lowest BCUT2D eigenvalue weighted by atomic mass is 10.0. The van der Waals surface area contributed by atoms with E-state index in [0.29, 0.717) is 19.3 Å². The van der Waals surface area contributed by atoms with Gasteiger partial charge in [-0.05, 0) is 83.5 Å². The fraction of sp³-hybridized carbons (Fsp3) is 0.793. The molecule has 0 spiro atoms. The first-order valence-corrected chi connectivity index (χ1v) is 27.5. The van der Waals surface area contributed by atoms with E-state index in [1.807, 2.05) is 0 Å². The van der Waals surface area contributed by atoms with Gasteiger partial charge >= 0.3 is 5.97 Å². The molecule has 0 saturated carbocycles. The van der Waals surface area contributed by atoms with Gasteiger partial charge in [0.2, 0.25) is 5.91 Å². The lowest BCUT2D eigenvalue weighted by Gasteiger charge is -2.24. The monoisotopic (exact) mass is 896 g/mol. The van der Waals surface area contributed by atoms with Crippen LogP contribution in [0.25, 0.3) is 0 Å². The van der Waals surface area contributed by atoms with Crippen LogP contribution >= 0.6 is 0 Å². The predicted octanol–water partition coefficient (Wildman–Crippen LogP) is 16.8. The van der Waals surface area contributed by atoms with Crippen LogP contribution in [0, 0.1) is 0 Å². The summed E-state index contributed by atoms with van der Waals surface area (Å²) >= 11 is 0. The third-order valence-electron chi connectivity index (χ3n) is 12.3. The van der Waals surface area contributed by atoms with Gasteiger partial charge in [-0.15, -0.1) is 0 Å². The molecule has 3 atom stereocenters. The van der Waals surface area contributed by atoms with Gasteiger partial charge in [0.1, 0.15) is 6.10 Å². The number of aliphatic hydroxyl groups excluding tert-OH is 2. The Bertz CT molecular complexity index is 1140. The molecule has 0 aromatic carbocycles. The second-order valence-electron chi connectivity index (χ2n) is 18.6. The van der Waals surface area contributed by atoms with Crippen LogP contribution in [0.15, 0.2) is 60.8 Å². The first kappa shape index (κ1) is 61.6. The van der Waals surface area contributed by atoms with Crippen molar-refractivity contribution in [3.05, 3.63) is 60.8 Å². The predicted molar refractivity (Wildman–Crippen MR) is 278 cm³/mol. The standard InChI is InChI=1S/C58H105NO5/c1-4-7-10-13-16-19-22-25-28-29-30-33-36-39-42-45-48-51-58(63)64-54(49-46-43-40-37-34-31-26-23-20-17-14-11-8-5-2)52-57(62)59-55(53-60)56(61)50-47-44-41-38-35-32-27-24-21-18-15-12-9-6-3/h8,11,17,20,25-26,28,31,37,40,54-56,60-61H,4-7,9-10,12-16,18-19,21-24,27,29-30,32-36,38-39,41-53H2,1-3H3,(H,59,62)/b11-8+,20-17+,28-25+,31-26+,40-37+. The zero-order valence-electron chi connectivity index (χ0n) is 42.4. The summed E-state index contributed by atoms with van der Waals surface area (Å²) in [6.07, 6.45) is 64.3. The Kier molecular flexibility index (Phi) is 49.6. The number of carbonyl (C=O) groups excluding carboxylic acids is 2. The molecule has 0 bridgehead atoms. The highest BCUT2D eigenvalue weighted by atomic mass is 16.5. The Labute approximate surface area is 397 Å². The molecule has 3 unspecified atom stereocenters. The summed E-state index contributed by atoms with van der Waals surface area (Å²) in [4.78, 5) is 26.2. The van der Waals surface area contributed by atoms with Gasteiger partial charge in [-0.3, -0.25) is 9.59 Å². The maximum absolute atomic E-state index is 13.2. The van der Waals surface area contributed by atoms with E-state index in [4.69, 9.17) is 4.74 Å². The van der Waals surface area contributed by atoms with Crippen molar-refractivity contribution in [1.82, 2.24) is 5.32 Å². The van der Waals surface area contributed by atoms with E-state index in [9.17, 15) is 19.8 Å². The van der Waals surface area contributed by atoms with E-state index in [1.54, 1.807) is 0 Å². The van der Waals surface area contributed by atoms with Crippen LogP contribution in [0.1, 0.15) is 271 Å². The fourth-order valence-corrected chi connectivity index (χ4v) is 8.19. The van der Waals surface area contributed by atoms with Crippen molar-refractivity contribution in [3.63, 3.8) is 0 Å². The molecule has 6 nitrogen and oxygen atoms in total. The Hall–Kier alpha value is -2.44. The van der Waals surface area contributed by atoms with Crippen LogP contribution in [0.5, 0.6) is 0 Å². The quantitative estimate of drug-likeness (QED) is 0.0321. The summed E-state index contributed by atoms with van der Waals surface area (Å²) in [5.41, 5.74) is 0. The molecule has 0 aromatic rings. The topological polar surface area (TPSA) is 95.9 Å². The van der Waals surface area contributed by atoms with Gasteiger partial charge in [0.05, 0.1) is 25.2 Å². The number of aliphatic hydroxyl groups is 2. The Morgan fingerprint density at radius 1 is 0.469 bits per heavy atom. The summed E-state index contributed by atoms with van der Waals surface area (Å²) in [5.74, 6) is -0.528. The first-order valence-electron chi connectivity index (χ1n) is 27.5.